The van der Waals surface area contributed by atoms with E-state index in [1.54, 1.807) is 0 Å². The van der Waals surface area contributed by atoms with Crippen LogP contribution in [-0.2, 0) is 19.4 Å². The molecule has 0 spiro atoms. The monoisotopic (exact) mass is 250 g/mol. The van der Waals surface area contributed by atoms with Crippen molar-refractivity contribution in [3.63, 3.8) is 0 Å². The molecule has 1 aliphatic rings. The second-order valence-corrected chi connectivity index (χ2v) is 6.18. The predicted octanol–water partition coefficient (Wildman–Crippen LogP) is -1.34. The number of amides is 1. The number of ether oxygens (including phenoxy) is 1. The summed E-state index contributed by atoms with van der Waals surface area (Å²) in [6.07, 6.45) is 1.32. The van der Waals surface area contributed by atoms with Crippen LogP contribution in [0.25, 0.3) is 0 Å². The topological polar surface area (TPSA) is 98.5 Å². The second-order valence-electron chi connectivity index (χ2n) is 3.78. The van der Waals surface area contributed by atoms with Crippen molar-refractivity contribution in [2.24, 2.45) is 5.73 Å². The van der Waals surface area contributed by atoms with Gasteiger partial charge in [0.15, 0.2) is 9.84 Å². The Kier molecular flexibility index (Phi) is 5.17. The summed E-state index contributed by atoms with van der Waals surface area (Å²) in [6, 6.07) is 0. The number of nitrogens with one attached hydrogen (secondary N) is 1. The van der Waals surface area contributed by atoms with Gasteiger partial charge in [-0.15, -0.1) is 0 Å². The first kappa shape index (κ1) is 13.4. The molecule has 1 fully saturated rings. The normalized spacial score (nSPS) is 23.2. The Labute approximate surface area is 95.4 Å². The second kappa shape index (κ2) is 6.17. The molecule has 0 aliphatic carbocycles. The van der Waals surface area contributed by atoms with Gasteiger partial charge in [0.05, 0.1) is 17.6 Å². The van der Waals surface area contributed by atoms with Crippen LogP contribution >= 0.6 is 0 Å². The molecule has 1 heterocycles. The molecule has 0 aromatic rings. The van der Waals surface area contributed by atoms with Crippen molar-refractivity contribution in [2.45, 2.75) is 18.1 Å². The molecular formula is C9H18N2O4S. The van der Waals surface area contributed by atoms with Gasteiger partial charge in [-0.3, -0.25) is 4.79 Å². The minimum atomic E-state index is -2.98. The van der Waals surface area contributed by atoms with E-state index in [0.29, 0.717) is 26.0 Å². The molecule has 0 saturated carbocycles. The van der Waals surface area contributed by atoms with E-state index in [1.807, 2.05) is 0 Å². The Balaban J connectivity index is 2.21. The van der Waals surface area contributed by atoms with Gasteiger partial charge in [0.2, 0.25) is 5.91 Å². The summed E-state index contributed by atoms with van der Waals surface area (Å²) in [5, 5.41) is 2.13. The van der Waals surface area contributed by atoms with E-state index in [9.17, 15) is 13.2 Å². The van der Waals surface area contributed by atoms with Gasteiger partial charge in [-0.1, -0.05) is 0 Å². The number of hydrogen-bond acceptors (Lipinski definition) is 5. The van der Waals surface area contributed by atoms with E-state index in [-0.39, 0.29) is 24.8 Å². The molecule has 1 atom stereocenters. The SMILES string of the molecule is NCCOCC(=O)NCC1CCCS1(=O)=O. The smallest absolute Gasteiger partial charge is 0.246 e. The van der Waals surface area contributed by atoms with Crippen LogP contribution in [0.3, 0.4) is 0 Å². The maximum absolute atomic E-state index is 11.4. The summed E-state index contributed by atoms with van der Waals surface area (Å²) in [6.45, 7) is 0.816. The lowest BCUT2D eigenvalue weighted by Crippen LogP contribution is -2.36. The number of sulfone groups is 1. The van der Waals surface area contributed by atoms with Gasteiger partial charge in [0.1, 0.15) is 6.61 Å². The van der Waals surface area contributed by atoms with E-state index in [1.165, 1.54) is 0 Å². The first-order chi connectivity index (χ1) is 7.56. The molecule has 7 heteroatoms. The minimum absolute atomic E-state index is 0.0655. The summed E-state index contributed by atoms with van der Waals surface area (Å²) in [5.41, 5.74) is 5.19. The number of rotatable bonds is 6. The average Bonchev–Trinajstić information content (AvgIpc) is 2.55. The maximum atomic E-state index is 11.4. The summed E-state index contributed by atoms with van der Waals surface area (Å²) in [4.78, 5) is 11.2. The minimum Gasteiger partial charge on any atom is -0.370 e. The lowest BCUT2D eigenvalue weighted by molar-refractivity contribution is -0.125. The molecule has 1 amide bonds. The van der Waals surface area contributed by atoms with E-state index < -0.39 is 15.1 Å². The molecule has 1 unspecified atom stereocenters. The van der Waals surface area contributed by atoms with Crippen LogP contribution in [0.1, 0.15) is 12.8 Å². The van der Waals surface area contributed by atoms with Crippen LogP contribution in [0.4, 0.5) is 0 Å². The highest BCUT2D eigenvalue weighted by Crippen LogP contribution is 2.18. The molecule has 94 valence electrons. The van der Waals surface area contributed by atoms with E-state index >= 15 is 0 Å². The zero-order chi connectivity index (χ0) is 12.0. The van der Waals surface area contributed by atoms with Crippen molar-refractivity contribution in [3.05, 3.63) is 0 Å². The van der Waals surface area contributed by atoms with Crippen LogP contribution in [0.2, 0.25) is 0 Å². The summed E-state index contributed by atoms with van der Waals surface area (Å²) in [7, 11) is -2.98. The van der Waals surface area contributed by atoms with Crippen molar-refractivity contribution in [1.82, 2.24) is 5.32 Å². The maximum Gasteiger partial charge on any atom is 0.246 e. The Morgan fingerprint density at radius 3 is 2.81 bits per heavy atom. The lowest BCUT2D eigenvalue weighted by Gasteiger charge is -2.10. The van der Waals surface area contributed by atoms with Gasteiger partial charge < -0.3 is 15.8 Å². The molecule has 16 heavy (non-hydrogen) atoms. The number of carbonyl (C=O) groups is 1. The van der Waals surface area contributed by atoms with E-state index in [4.69, 9.17) is 10.5 Å². The Hall–Kier alpha value is -0.660. The fourth-order valence-electron chi connectivity index (χ4n) is 1.61. The number of hydrogen-bond donors (Lipinski definition) is 2. The molecule has 1 saturated heterocycles. The van der Waals surface area contributed by atoms with Gasteiger partial charge in [-0.05, 0) is 12.8 Å². The number of carbonyl (C=O) groups excluding carboxylic acids is 1. The van der Waals surface area contributed by atoms with Crippen molar-refractivity contribution in [1.29, 1.82) is 0 Å². The highest BCUT2D eigenvalue weighted by atomic mass is 32.2. The van der Waals surface area contributed by atoms with Crippen LogP contribution < -0.4 is 11.1 Å². The third-order valence-corrected chi connectivity index (χ3v) is 4.76. The average molecular weight is 250 g/mol. The third kappa shape index (κ3) is 4.07. The highest BCUT2D eigenvalue weighted by Gasteiger charge is 2.31. The predicted molar refractivity (Wildman–Crippen MR) is 59.7 cm³/mol. The summed E-state index contributed by atoms with van der Waals surface area (Å²) < 4.78 is 27.8. The van der Waals surface area contributed by atoms with Crippen molar-refractivity contribution in [3.8, 4) is 0 Å². The van der Waals surface area contributed by atoms with Gasteiger partial charge in [-0.2, -0.15) is 0 Å². The fraction of sp³-hybridized carbons (Fsp3) is 0.889. The van der Waals surface area contributed by atoms with Crippen LogP contribution in [0.5, 0.6) is 0 Å². The Morgan fingerprint density at radius 1 is 1.50 bits per heavy atom. The first-order valence-corrected chi connectivity index (χ1v) is 7.04. The zero-order valence-electron chi connectivity index (χ0n) is 9.15. The van der Waals surface area contributed by atoms with Crippen molar-refractivity contribution in [2.75, 3.05) is 32.1 Å². The molecule has 0 aromatic carbocycles. The van der Waals surface area contributed by atoms with Gasteiger partial charge in [0.25, 0.3) is 0 Å². The molecule has 1 aliphatic heterocycles. The van der Waals surface area contributed by atoms with E-state index in [2.05, 4.69) is 5.32 Å². The summed E-state index contributed by atoms with van der Waals surface area (Å²) in [5.74, 6) is -0.0624. The summed E-state index contributed by atoms with van der Waals surface area (Å²) >= 11 is 0. The zero-order valence-corrected chi connectivity index (χ0v) is 9.96. The largest absolute Gasteiger partial charge is 0.370 e. The van der Waals surface area contributed by atoms with Crippen LogP contribution in [0, 0.1) is 0 Å². The molecule has 0 radical (unpaired) electrons. The molecule has 3 N–H and O–H groups in total. The van der Waals surface area contributed by atoms with Crippen LogP contribution in [0.15, 0.2) is 0 Å². The molecular weight excluding hydrogens is 232 g/mol. The van der Waals surface area contributed by atoms with Gasteiger partial charge in [-0.25, -0.2) is 8.42 Å². The number of nitrogens with two attached hydrogens (primary N) is 1. The van der Waals surface area contributed by atoms with E-state index in [0.717, 1.165) is 0 Å². The Bertz CT molecular complexity index is 328. The standard InChI is InChI=1S/C9H18N2O4S/c10-3-4-15-7-9(12)11-6-8-2-1-5-16(8,13)14/h8H,1-7,10H2,(H,11,12). The molecule has 0 bridgehead atoms. The molecule has 0 aromatic heterocycles. The van der Waals surface area contributed by atoms with Crippen molar-refractivity contribution < 1.29 is 17.9 Å². The highest BCUT2D eigenvalue weighted by molar-refractivity contribution is 7.92. The quantitative estimate of drug-likeness (QED) is 0.568. The third-order valence-electron chi connectivity index (χ3n) is 2.49. The van der Waals surface area contributed by atoms with Crippen molar-refractivity contribution >= 4 is 15.7 Å². The fourth-order valence-corrected chi connectivity index (χ4v) is 3.38. The molecule has 6 nitrogen and oxygen atoms in total. The Morgan fingerprint density at radius 2 is 2.25 bits per heavy atom. The van der Waals surface area contributed by atoms with Gasteiger partial charge in [0, 0.05) is 13.1 Å². The van der Waals surface area contributed by atoms with Gasteiger partial charge >= 0.3 is 0 Å². The first-order valence-electron chi connectivity index (χ1n) is 5.32. The molecule has 1 rings (SSSR count). The van der Waals surface area contributed by atoms with Crippen LogP contribution in [-0.4, -0.2) is 51.6 Å². The lowest BCUT2D eigenvalue weighted by atomic mass is 10.2.